The molecule has 5 nitrogen and oxygen atoms in total. The topological polar surface area (TPSA) is 88.0 Å². The molecule has 2 amide bonds. The maximum absolute atomic E-state index is 12.6. The molecule has 1 aliphatic rings. The monoisotopic (exact) mass is 393 g/mol. The molecule has 2 atom stereocenters. The molecule has 1 aliphatic carbocycles. The summed E-state index contributed by atoms with van der Waals surface area (Å²) >= 11 is 13.4. The van der Waals surface area contributed by atoms with Gasteiger partial charge in [-0.25, -0.2) is 0 Å². The highest BCUT2D eigenvalue weighted by atomic mass is 35.5. The maximum Gasteiger partial charge on any atom is 0.268 e. The van der Waals surface area contributed by atoms with E-state index < -0.39 is 11.8 Å². The summed E-state index contributed by atoms with van der Waals surface area (Å²) in [6.07, 6.45) is 0.567. The van der Waals surface area contributed by atoms with Crippen molar-refractivity contribution in [1.82, 2.24) is 10.3 Å². The highest BCUT2D eigenvalue weighted by Gasteiger charge is 2.37. The summed E-state index contributed by atoms with van der Waals surface area (Å²) in [5.74, 6) is -1.29. The van der Waals surface area contributed by atoms with Crippen molar-refractivity contribution in [3.63, 3.8) is 0 Å². The first-order chi connectivity index (χ1) is 12.0. The first-order valence-corrected chi connectivity index (χ1v) is 9.17. The molecule has 2 heterocycles. The fourth-order valence-electron chi connectivity index (χ4n) is 3.37. The Morgan fingerprint density at radius 1 is 1.28 bits per heavy atom. The number of nitrogens with two attached hydrogens (primary N) is 1. The third-order valence-corrected chi connectivity index (χ3v) is 6.41. The summed E-state index contributed by atoms with van der Waals surface area (Å²) in [4.78, 5) is 27.5. The lowest BCUT2D eigenvalue weighted by atomic mass is 9.97. The van der Waals surface area contributed by atoms with Crippen molar-refractivity contribution >= 4 is 56.6 Å². The number of aromatic nitrogens is 1. The molecule has 0 saturated heterocycles. The number of carbonyl (C=O) groups is 2. The van der Waals surface area contributed by atoms with Crippen LogP contribution in [0.4, 0.5) is 0 Å². The van der Waals surface area contributed by atoms with E-state index in [0.29, 0.717) is 27.0 Å². The number of aromatic amines is 1. The van der Waals surface area contributed by atoms with Crippen LogP contribution in [0.3, 0.4) is 0 Å². The number of amides is 2. The van der Waals surface area contributed by atoms with E-state index in [1.165, 1.54) is 11.3 Å². The number of benzene rings is 1. The van der Waals surface area contributed by atoms with E-state index in [1.807, 2.05) is 24.3 Å². The second-order valence-corrected chi connectivity index (χ2v) is 8.01. The Morgan fingerprint density at radius 3 is 2.76 bits per heavy atom. The molecule has 0 radical (unpaired) electrons. The number of H-pyrrole nitrogens is 1. The number of rotatable bonds is 3. The zero-order chi connectivity index (χ0) is 17.7. The molecule has 128 valence electrons. The van der Waals surface area contributed by atoms with Crippen molar-refractivity contribution in [2.45, 2.75) is 18.4 Å². The van der Waals surface area contributed by atoms with Crippen LogP contribution < -0.4 is 11.1 Å². The Kier molecular flexibility index (Phi) is 3.98. The lowest BCUT2D eigenvalue weighted by molar-refractivity contribution is -0.119. The van der Waals surface area contributed by atoms with Crippen molar-refractivity contribution in [1.29, 1.82) is 0 Å². The second kappa shape index (κ2) is 6.05. The number of hydrogen-bond donors (Lipinski definition) is 3. The van der Waals surface area contributed by atoms with Crippen LogP contribution in [0.25, 0.3) is 10.2 Å². The van der Waals surface area contributed by atoms with Gasteiger partial charge in [0.25, 0.3) is 5.91 Å². The summed E-state index contributed by atoms with van der Waals surface area (Å²) in [7, 11) is 0. The zero-order valence-electron chi connectivity index (χ0n) is 12.8. The fourth-order valence-corrected chi connectivity index (χ4v) is 4.85. The molecule has 4 N–H and O–H groups in total. The van der Waals surface area contributed by atoms with E-state index in [4.69, 9.17) is 28.9 Å². The number of primary amides is 1. The van der Waals surface area contributed by atoms with E-state index >= 15 is 0 Å². The smallest absolute Gasteiger partial charge is 0.268 e. The predicted octanol–water partition coefficient (Wildman–Crippen LogP) is 3.46. The summed E-state index contributed by atoms with van der Waals surface area (Å²) in [5, 5.41) is 3.32. The average Bonchev–Trinajstić information content (AvgIpc) is 3.21. The molecule has 0 bridgehead atoms. The Balaban J connectivity index is 1.60. The average molecular weight is 394 g/mol. The van der Waals surface area contributed by atoms with E-state index in [-0.39, 0.29) is 11.9 Å². The van der Waals surface area contributed by atoms with Crippen molar-refractivity contribution in [2.75, 3.05) is 0 Å². The summed E-state index contributed by atoms with van der Waals surface area (Å²) in [6, 6.07) is 8.93. The van der Waals surface area contributed by atoms with Crippen LogP contribution in [0.1, 0.15) is 27.5 Å². The van der Waals surface area contributed by atoms with Crippen LogP contribution in [0.5, 0.6) is 0 Å². The summed E-state index contributed by atoms with van der Waals surface area (Å²) < 4.78 is 1.29. The van der Waals surface area contributed by atoms with Gasteiger partial charge in [-0.15, -0.1) is 11.3 Å². The first kappa shape index (κ1) is 16.4. The van der Waals surface area contributed by atoms with Gasteiger partial charge in [-0.05, 0) is 23.6 Å². The maximum atomic E-state index is 12.6. The molecule has 0 spiro atoms. The Hall–Kier alpha value is -2.02. The number of hydrogen-bond acceptors (Lipinski definition) is 3. The van der Waals surface area contributed by atoms with Crippen LogP contribution in [0, 0.1) is 0 Å². The van der Waals surface area contributed by atoms with Crippen molar-refractivity contribution < 1.29 is 9.59 Å². The molecule has 2 aromatic heterocycles. The van der Waals surface area contributed by atoms with Crippen molar-refractivity contribution in [2.24, 2.45) is 5.73 Å². The summed E-state index contributed by atoms with van der Waals surface area (Å²) in [6.45, 7) is 0. The van der Waals surface area contributed by atoms with Gasteiger partial charge in [0.1, 0.15) is 10.0 Å². The number of fused-ring (bicyclic) bond motifs is 2. The predicted molar refractivity (Wildman–Crippen MR) is 99.5 cm³/mol. The highest BCUT2D eigenvalue weighted by Crippen LogP contribution is 2.39. The van der Waals surface area contributed by atoms with E-state index in [1.54, 1.807) is 6.07 Å². The minimum Gasteiger partial charge on any atom is -0.369 e. The van der Waals surface area contributed by atoms with Gasteiger partial charge in [-0.1, -0.05) is 47.5 Å². The minimum absolute atomic E-state index is 0.306. The van der Waals surface area contributed by atoms with Gasteiger partial charge in [0.05, 0.1) is 21.2 Å². The van der Waals surface area contributed by atoms with Crippen LogP contribution in [0.15, 0.2) is 30.3 Å². The van der Waals surface area contributed by atoms with Gasteiger partial charge in [-0.3, -0.25) is 9.59 Å². The van der Waals surface area contributed by atoms with Gasteiger partial charge in [0.15, 0.2) is 0 Å². The number of halogens is 2. The van der Waals surface area contributed by atoms with E-state index in [9.17, 15) is 9.59 Å². The molecule has 0 aliphatic heterocycles. The van der Waals surface area contributed by atoms with Gasteiger partial charge in [0.2, 0.25) is 5.91 Å². The third kappa shape index (κ3) is 2.70. The van der Waals surface area contributed by atoms with Crippen molar-refractivity contribution in [3.05, 3.63) is 56.5 Å². The van der Waals surface area contributed by atoms with Crippen LogP contribution in [0.2, 0.25) is 9.36 Å². The normalized spacial score (nSPS) is 19.1. The Bertz CT molecular complexity index is 1010. The minimum atomic E-state index is -0.533. The third-order valence-electron chi connectivity index (χ3n) is 4.47. The van der Waals surface area contributed by atoms with Gasteiger partial charge < -0.3 is 16.0 Å². The van der Waals surface area contributed by atoms with Gasteiger partial charge in [0, 0.05) is 6.04 Å². The van der Waals surface area contributed by atoms with E-state index in [2.05, 4.69) is 10.3 Å². The molecule has 0 unspecified atom stereocenters. The Morgan fingerprint density at radius 2 is 2.04 bits per heavy atom. The molecule has 0 fully saturated rings. The van der Waals surface area contributed by atoms with Gasteiger partial charge in [-0.2, -0.15) is 0 Å². The van der Waals surface area contributed by atoms with Crippen LogP contribution in [-0.4, -0.2) is 22.8 Å². The lowest BCUT2D eigenvalue weighted by Gasteiger charge is -2.18. The van der Waals surface area contributed by atoms with E-state index in [0.717, 1.165) is 15.8 Å². The molecule has 4 rings (SSSR count). The standard InChI is InChI=1S/C17H13Cl2N3O2S/c18-13-14-11(25-15(13)19)6-10(21-14)17(24)22-9-5-7-3-1-2-4-8(7)12(9)16(20)23/h1-4,6,9,12,21H,5H2,(H2,20,23)(H,22,24)/t9-,12-/m1/s1. The second-order valence-electron chi connectivity index (χ2n) is 5.97. The Labute approximate surface area is 157 Å². The van der Waals surface area contributed by atoms with Crippen molar-refractivity contribution in [3.8, 4) is 0 Å². The SMILES string of the molecule is NC(=O)[C@@H]1c2ccccc2C[C@H]1NC(=O)c1cc2sc(Cl)c(Cl)c2[nH]1. The first-order valence-electron chi connectivity index (χ1n) is 7.60. The largest absolute Gasteiger partial charge is 0.369 e. The number of carbonyl (C=O) groups excluding carboxylic acids is 2. The van der Waals surface area contributed by atoms with Gasteiger partial charge >= 0.3 is 0 Å². The number of thiophene rings is 1. The fraction of sp³-hybridized carbons (Fsp3) is 0.176. The zero-order valence-corrected chi connectivity index (χ0v) is 15.1. The van der Waals surface area contributed by atoms with Crippen LogP contribution >= 0.6 is 34.5 Å². The molecule has 8 heteroatoms. The summed E-state index contributed by atoms with van der Waals surface area (Å²) in [5.41, 5.74) is 8.49. The molecular weight excluding hydrogens is 381 g/mol. The quantitative estimate of drug-likeness (QED) is 0.635. The molecule has 3 aromatic rings. The molecule has 25 heavy (non-hydrogen) atoms. The van der Waals surface area contributed by atoms with Crippen LogP contribution in [-0.2, 0) is 11.2 Å². The number of nitrogens with one attached hydrogen (secondary N) is 2. The highest BCUT2D eigenvalue weighted by molar-refractivity contribution is 7.23. The lowest BCUT2D eigenvalue weighted by Crippen LogP contribution is -2.42. The molecule has 1 aromatic carbocycles. The molecular formula is C17H13Cl2N3O2S. The molecule has 0 saturated carbocycles.